The van der Waals surface area contributed by atoms with E-state index in [1.54, 1.807) is 14.2 Å². The summed E-state index contributed by atoms with van der Waals surface area (Å²) in [5.74, 6) is 1.47. The Kier molecular flexibility index (Phi) is 3.02. The molecule has 1 fully saturated rings. The van der Waals surface area contributed by atoms with Gasteiger partial charge >= 0.3 is 0 Å². The number of hydrogen-bond acceptors (Lipinski definition) is 4. The van der Waals surface area contributed by atoms with E-state index < -0.39 is 0 Å². The van der Waals surface area contributed by atoms with E-state index in [1.165, 1.54) is 0 Å². The first-order valence-electron chi connectivity index (χ1n) is 5.65. The summed E-state index contributed by atoms with van der Waals surface area (Å²) in [6, 6.07) is 5.85. The number of nitrogens with zero attached hydrogens (tertiary/aromatic N) is 1. The summed E-state index contributed by atoms with van der Waals surface area (Å²) < 4.78 is 10.5. The number of rotatable bonds is 3. The minimum Gasteiger partial charge on any atom is -0.493 e. The van der Waals surface area contributed by atoms with E-state index in [4.69, 9.17) is 14.3 Å². The van der Waals surface area contributed by atoms with Gasteiger partial charge in [-0.3, -0.25) is 4.84 Å². The van der Waals surface area contributed by atoms with Crippen molar-refractivity contribution in [2.24, 2.45) is 0 Å². The molecule has 0 saturated carbocycles. The van der Waals surface area contributed by atoms with E-state index in [-0.39, 0.29) is 11.8 Å². The Balaban J connectivity index is 2.19. The first-order chi connectivity index (χ1) is 7.97. The number of benzene rings is 1. The zero-order valence-electron chi connectivity index (χ0n) is 11.0. The maximum atomic E-state index is 5.58. The first-order valence-corrected chi connectivity index (χ1v) is 5.65. The molecular weight excluding hydrogens is 218 g/mol. The highest BCUT2D eigenvalue weighted by atomic mass is 16.8. The van der Waals surface area contributed by atoms with Gasteiger partial charge in [0.05, 0.1) is 14.2 Å². The van der Waals surface area contributed by atoms with Crippen molar-refractivity contribution in [3.8, 4) is 11.5 Å². The Bertz CT molecular complexity index is 412. The second-order valence-corrected chi connectivity index (χ2v) is 5.07. The molecule has 4 heteroatoms. The van der Waals surface area contributed by atoms with Gasteiger partial charge in [0, 0.05) is 11.1 Å². The molecule has 1 heterocycles. The van der Waals surface area contributed by atoms with Gasteiger partial charge in [-0.15, -0.1) is 5.06 Å². The molecule has 4 nitrogen and oxygen atoms in total. The maximum Gasteiger partial charge on any atom is 0.180 e. The average molecular weight is 237 g/mol. The van der Waals surface area contributed by atoms with E-state index in [1.807, 2.05) is 23.3 Å². The topological polar surface area (TPSA) is 34.0 Å². The van der Waals surface area contributed by atoms with Crippen LogP contribution in [0.3, 0.4) is 0 Å². The van der Waals surface area contributed by atoms with Crippen LogP contribution >= 0.6 is 0 Å². The quantitative estimate of drug-likeness (QED) is 0.757. The predicted octanol–water partition coefficient (Wildman–Crippen LogP) is 2.75. The molecule has 0 aromatic heterocycles. The number of methoxy groups -OCH3 is 2. The monoisotopic (exact) mass is 237 g/mol. The van der Waals surface area contributed by atoms with Gasteiger partial charge < -0.3 is 9.47 Å². The highest BCUT2D eigenvalue weighted by Crippen LogP contribution is 2.45. The number of ether oxygens (including phenoxy) is 2. The summed E-state index contributed by atoms with van der Waals surface area (Å²) in [6.07, 6.45) is 0.0230. The van der Waals surface area contributed by atoms with Crippen molar-refractivity contribution in [2.75, 3.05) is 14.2 Å². The molecule has 1 saturated heterocycles. The summed E-state index contributed by atoms with van der Waals surface area (Å²) in [6.45, 7) is 6.36. The molecule has 1 aromatic carbocycles. The van der Waals surface area contributed by atoms with E-state index in [0.717, 1.165) is 17.1 Å². The molecule has 0 N–H and O–H groups in total. The molecule has 94 valence electrons. The van der Waals surface area contributed by atoms with Gasteiger partial charge in [0.1, 0.15) is 0 Å². The standard InChI is InChI=1S/C13H19NO3/c1-13(2,3)14-12(17-14)9-6-7-10(15-4)11(8-9)16-5/h6-8,12H,1-5H3. The van der Waals surface area contributed by atoms with Gasteiger partial charge in [0.2, 0.25) is 0 Å². The van der Waals surface area contributed by atoms with Crippen LogP contribution in [0.4, 0.5) is 0 Å². The number of hydroxylamine groups is 2. The molecule has 2 atom stereocenters. The predicted molar refractivity (Wildman–Crippen MR) is 65.0 cm³/mol. The molecule has 0 bridgehead atoms. The average Bonchev–Trinajstić information content (AvgIpc) is 3.07. The third-order valence-corrected chi connectivity index (χ3v) is 2.73. The van der Waals surface area contributed by atoms with Crippen molar-refractivity contribution in [3.63, 3.8) is 0 Å². The van der Waals surface area contributed by atoms with Crippen LogP contribution in [0.1, 0.15) is 32.6 Å². The zero-order valence-corrected chi connectivity index (χ0v) is 11.0. The van der Waals surface area contributed by atoms with Gasteiger partial charge in [-0.2, -0.15) is 0 Å². The van der Waals surface area contributed by atoms with Crippen LogP contribution in [0.2, 0.25) is 0 Å². The zero-order chi connectivity index (χ0) is 12.6. The van der Waals surface area contributed by atoms with Crippen molar-refractivity contribution in [3.05, 3.63) is 23.8 Å². The Hall–Kier alpha value is -1.26. The SMILES string of the molecule is COc1ccc(C2ON2C(C)(C)C)cc1OC. The van der Waals surface area contributed by atoms with Crippen molar-refractivity contribution in [1.82, 2.24) is 5.06 Å². The lowest BCUT2D eigenvalue weighted by Crippen LogP contribution is -2.25. The van der Waals surface area contributed by atoms with E-state index in [9.17, 15) is 0 Å². The molecule has 0 amide bonds. The Morgan fingerprint density at radius 3 is 2.24 bits per heavy atom. The normalized spacial score (nSPS) is 23.4. The summed E-state index contributed by atoms with van der Waals surface area (Å²) in [4.78, 5) is 5.58. The van der Waals surface area contributed by atoms with Crippen molar-refractivity contribution < 1.29 is 14.3 Å². The molecule has 0 spiro atoms. The molecule has 2 rings (SSSR count). The molecule has 2 unspecified atom stereocenters. The molecule has 1 aliphatic rings. The third-order valence-electron chi connectivity index (χ3n) is 2.73. The van der Waals surface area contributed by atoms with Crippen molar-refractivity contribution in [1.29, 1.82) is 0 Å². The first kappa shape index (κ1) is 12.2. The highest BCUT2D eigenvalue weighted by molar-refractivity contribution is 5.43. The molecule has 1 aromatic rings. The van der Waals surface area contributed by atoms with Crippen LogP contribution < -0.4 is 9.47 Å². The lowest BCUT2D eigenvalue weighted by molar-refractivity contribution is 0.101. The maximum absolute atomic E-state index is 5.58. The fourth-order valence-electron chi connectivity index (χ4n) is 1.79. The molecule has 17 heavy (non-hydrogen) atoms. The lowest BCUT2D eigenvalue weighted by Gasteiger charge is -2.16. The minimum atomic E-state index is 0.0117. The number of hydrogen-bond donors (Lipinski definition) is 0. The molecule has 1 aliphatic heterocycles. The molecular formula is C13H19NO3. The summed E-state index contributed by atoms with van der Waals surface area (Å²) >= 11 is 0. The molecule has 0 radical (unpaired) electrons. The van der Waals surface area contributed by atoms with Gasteiger partial charge in [-0.25, -0.2) is 0 Å². The van der Waals surface area contributed by atoms with Gasteiger partial charge in [0.25, 0.3) is 0 Å². The Morgan fingerprint density at radius 1 is 1.12 bits per heavy atom. The minimum absolute atomic E-state index is 0.0117. The van der Waals surface area contributed by atoms with Gasteiger partial charge in [-0.05, 0) is 32.9 Å². The van der Waals surface area contributed by atoms with Crippen molar-refractivity contribution in [2.45, 2.75) is 32.5 Å². The fraction of sp³-hybridized carbons (Fsp3) is 0.538. The van der Waals surface area contributed by atoms with Crippen LogP contribution in [0.25, 0.3) is 0 Å². The van der Waals surface area contributed by atoms with Crippen molar-refractivity contribution >= 4 is 0 Å². The smallest absolute Gasteiger partial charge is 0.180 e. The van der Waals surface area contributed by atoms with Crippen LogP contribution in [0.5, 0.6) is 11.5 Å². The van der Waals surface area contributed by atoms with Crippen LogP contribution in [0.15, 0.2) is 18.2 Å². The fourth-order valence-corrected chi connectivity index (χ4v) is 1.79. The van der Waals surface area contributed by atoms with Crippen LogP contribution in [0, 0.1) is 0 Å². The lowest BCUT2D eigenvalue weighted by atomic mass is 10.1. The van der Waals surface area contributed by atoms with Gasteiger partial charge in [-0.1, -0.05) is 6.07 Å². The second kappa shape index (κ2) is 4.20. The summed E-state index contributed by atoms with van der Waals surface area (Å²) in [7, 11) is 3.27. The third kappa shape index (κ3) is 2.37. The Labute approximate surface area is 102 Å². The largest absolute Gasteiger partial charge is 0.493 e. The summed E-state index contributed by atoms with van der Waals surface area (Å²) in [5.41, 5.74) is 1.09. The molecule has 0 aliphatic carbocycles. The second-order valence-electron chi connectivity index (χ2n) is 5.07. The van der Waals surface area contributed by atoms with E-state index in [0.29, 0.717) is 0 Å². The Morgan fingerprint density at radius 2 is 1.76 bits per heavy atom. The van der Waals surface area contributed by atoms with Crippen LogP contribution in [-0.2, 0) is 4.84 Å². The van der Waals surface area contributed by atoms with E-state index >= 15 is 0 Å². The highest BCUT2D eigenvalue weighted by Gasteiger charge is 2.45. The van der Waals surface area contributed by atoms with E-state index in [2.05, 4.69) is 20.8 Å². The summed E-state index contributed by atoms with van der Waals surface area (Å²) in [5, 5.41) is 1.97. The van der Waals surface area contributed by atoms with Crippen LogP contribution in [-0.4, -0.2) is 24.8 Å². The van der Waals surface area contributed by atoms with Gasteiger partial charge in [0.15, 0.2) is 17.7 Å².